The van der Waals surface area contributed by atoms with Crippen LogP contribution in [0, 0.1) is 11.6 Å². The van der Waals surface area contributed by atoms with E-state index < -0.39 is 28.9 Å². The van der Waals surface area contributed by atoms with Gasteiger partial charge in [-0.15, -0.1) is 0 Å². The van der Waals surface area contributed by atoms with E-state index in [4.69, 9.17) is 10.5 Å². The predicted molar refractivity (Wildman–Crippen MR) is 177 cm³/mol. The van der Waals surface area contributed by atoms with Crippen molar-refractivity contribution in [1.82, 2.24) is 29.3 Å². The molecule has 1 saturated carbocycles. The predicted octanol–water partition coefficient (Wildman–Crippen LogP) is 4.81. The first-order chi connectivity index (χ1) is 23.2. The fourth-order valence-corrected chi connectivity index (χ4v) is 8.50. The number of ether oxygens (including phenoxy) is 1. The van der Waals surface area contributed by atoms with E-state index in [0.29, 0.717) is 51.7 Å². The standard InChI is InChI=1S/C33H35F3N8O3S/c1-2-22(45)42-12-8-18(9-13-42)38-29-23-26(40-32(41-29)47-16-33-10-3-11-43(33)15-17(34)14-33)24(36)27(44(30(23)46)19-4-5-19)20-6-7-21(35)28-25(20)39-31(37)48-28/h2,6-7,17-19H,1,3-5,8-16H2,(H2,37,39)(H,38,40,41)/t17-,33+/m1/s1. The second-order valence-corrected chi connectivity index (χ2v) is 14.3. The summed E-state index contributed by atoms with van der Waals surface area (Å²) in [5, 5.41) is 3.44. The van der Waals surface area contributed by atoms with E-state index in [0.717, 1.165) is 30.7 Å². The monoisotopic (exact) mass is 680 g/mol. The quantitative estimate of drug-likeness (QED) is 0.252. The minimum Gasteiger partial charge on any atom is -0.461 e. The Bertz CT molecular complexity index is 2030. The SMILES string of the molecule is C=CC(=O)N1CCC(Nc2nc(OC[C@@]34CCCN3C[C@H](F)C4)nc3c(F)c(-c4ccc(F)c5sc(N)nc45)n(C4CC4)c(=O)c23)CC1. The summed E-state index contributed by atoms with van der Waals surface area (Å²) >= 11 is 0.950. The van der Waals surface area contributed by atoms with E-state index in [1.54, 1.807) is 4.90 Å². The molecule has 1 amide bonds. The molecule has 2 atom stereocenters. The number of thiazole rings is 1. The number of aromatic nitrogens is 4. The van der Waals surface area contributed by atoms with Gasteiger partial charge in [-0.05, 0) is 63.3 Å². The maximum Gasteiger partial charge on any atom is 0.319 e. The van der Waals surface area contributed by atoms with Gasteiger partial charge in [-0.3, -0.25) is 14.5 Å². The molecule has 1 aliphatic carbocycles. The van der Waals surface area contributed by atoms with Gasteiger partial charge in [0.2, 0.25) is 5.91 Å². The summed E-state index contributed by atoms with van der Waals surface area (Å²) in [5.41, 5.74) is 5.06. The third-order valence-corrected chi connectivity index (χ3v) is 11.1. The molecule has 3 aliphatic heterocycles. The number of nitrogens with two attached hydrogens (primary N) is 1. The number of amides is 1. The molecule has 4 aromatic rings. The smallest absolute Gasteiger partial charge is 0.319 e. The molecular formula is C33H35F3N8O3S. The van der Waals surface area contributed by atoms with E-state index in [-0.39, 0.29) is 73.9 Å². The highest BCUT2D eigenvalue weighted by Crippen LogP contribution is 2.44. The summed E-state index contributed by atoms with van der Waals surface area (Å²) < 4.78 is 54.2. The van der Waals surface area contributed by atoms with Gasteiger partial charge in [0.15, 0.2) is 10.9 Å². The van der Waals surface area contributed by atoms with Gasteiger partial charge in [-0.2, -0.15) is 9.97 Å². The van der Waals surface area contributed by atoms with Crippen LogP contribution in [0.15, 0.2) is 29.6 Å². The highest BCUT2D eigenvalue weighted by atomic mass is 32.1. The fraction of sp³-hybridized carbons (Fsp3) is 0.485. The first kappa shape index (κ1) is 31.1. The lowest BCUT2D eigenvalue weighted by Gasteiger charge is -2.32. The summed E-state index contributed by atoms with van der Waals surface area (Å²) in [4.78, 5) is 43.9. The number of nitrogens with zero attached hydrogens (tertiary/aromatic N) is 6. The number of carbonyl (C=O) groups is 1. The zero-order valence-corrected chi connectivity index (χ0v) is 27.0. The van der Waals surface area contributed by atoms with E-state index >= 15 is 4.39 Å². The molecule has 11 nitrogen and oxygen atoms in total. The van der Waals surface area contributed by atoms with Crippen molar-refractivity contribution in [1.29, 1.82) is 0 Å². The number of anilines is 2. The molecule has 0 unspecified atom stereocenters. The number of likely N-dealkylation sites (tertiary alicyclic amines) is 1. The summed E-state index contributed by atoms with van der Waals surface area (Å²) in [6, 6.07) is 2.04. The highest BCUT2D eigenvalue weighted by molar-refractivity contribution is 7.22. The average Bonchev–Trinajstić information content (AvgIpc) is 3.60. The molecule has 0 radical (unpaired) electrons. The molecule has 3 aromatic heterocycles. The second-order valence-electron chi connectivity index (χ2n) is 13.3. The van der Waals surface area contributed by atoms with Gasteiger partial charge < -0.3 is 25.3 Å². The first-order valence-electron chi connectivity index (χ1n) is 16.4. The molecule has 252 valence electrons. The zero-order valence-electron chi connectivity index (χ0n) is 26.2. The maximum absolute atomic E-state index is 17.1. The molecule has 8 rings (SSSR count). The number of hydrogen-bond acceptors (Lipinski definition) is 10. The van der Waals surface area contributed by atoms with Crippen LogP contribution < -0.4 is 21.3 Å². The number of nitrogen functional groups attached to an aromatic ring is 1. The van der Waals surface area contributed by atoms with Gasteiger partial charge in [-0.25, -0.2) is 18.2 Å². The molecule has 1 aromatic carbocycles. The lowest BCUT2D eigenvalue weighted by Crippen LogP contribution is -2.43. The number of benzene rings is 1. The fourth-order valence-electron chi connectivity index (χ4n) is 7.74. The number of piperidine rings is 1. The van der Waals surface area contributed by atoms with Crippen molar-refractivity contribution in [3.63, 3.8) is 0 Å². The lowest BCUT2D eigenvalue weighted by molar-refractivity contribution is -0.126. The molecule has 6 heterocycles. The number of hydrogen-bond donors (Lipinski definition) is 2. The van der Waals surface area contributed by atoms with Crippen molar-refractivity contribution >= 4 is 49.3 Å². The van der Waals surface area contributed by atoms with Gasteiger partial charge >= 0.3 is 6.01 Å². The zero-order chi connectivity index (χ0) is 33.3. The maximum atomic E-state index is 17.1. The van der Waals surface area contributed by atoms with Crippen LogP contribution >= 0.6 is 11.3 Å². The van der Waals surface area contributed by atoms with Crippen molar-refractivity contribution in [2.45, 2.75) is 68.7 Å². The number of rotatable bonds is 8. The number of carbonyl (C=O) groups excluding carboxylic acids is 1. The number of alkyl halides is 1. The van der Waals surface area contributed by atoms with Gasteiger partial charge in [0.25, 0.3) is 5.56 Å². The Morgan fingerprint density at radius 1 is 1.15 bits per heavy atom. The molecule has 4 fully saturated rings. The van der Waals surface area contributed by atoms with Gasteiger partial charge in [0.05, 0.1) is 21.4 Å². The third-order valence-electron chi connectivity index (χ3n) is 10.2. The van der Waals surface area contributed by atoms with Crippen LogP contribution in [0.2, 0.25) is 0 Å². The summed E-state index contributed by atoms with van der Waals surface area (Å²) in [5.74, 6) is -1.36. The third kappa shape index (κ3) is 5.18. The van der Waals surface area contributed by atoms with Crippen LogP contribution in [-0.4, -0.2) is 85.8 Å². The van der Waals surface area contributed by atoms with Gasteiger partial charge in [0, 0.05) is 43.7 Å². The Balaban J connectivity index is 1.26. The Labute approximate surface area is 277 Å². The second kappa shape index (κ2) is 11.7. The Hall–Kier alpha value is -4.24. The largest absolute Gasteiger partial charge is 0.461 e. The van der Waals surface area contributed by atoms with Crippen molar-refractivity contribution in [2.75, 3.05) is 43.8 Å². The van der Waals surface area contributed by atoms with Crippen LogP contribution in [0.4, 0.5) is 24.1 Å². The summed E-state index contributed by atoms with van der Waals surface area (Å²) in [7, 11) is 0. The molecule has 4 aliphatic rings. The number of halogens is 3. The van der Waals surface area contributed by atoms with Crippen molar-refractivity contribution < 1.29 is 22.7 Å². The van der Waals surface area contributed by atoms with Crippen molar-refractivity contribution in [2.24, 2.45) is 0 Å². The van der Waals surface area contributed by atoms with Crippen LogP contribution in [-0.2, 0) is 4.79 Å². The minimum absolute atomic E-state index is 0.0263. The first-order valence-corrected chi connectivity index (χ1v) is 17.2. The highest BCUT2D eigenvalue weighted by Gasteiger charge is 2.49. The normalized spacial score (nSPS) is 23.2. The number of pyridine rings is 1. The summed E-state index contributed by atoms with van der Waals surface area (Å²) in [6.07, 6.45) is 4.78. The molecule has 3 N–H and O–H groups in total. The molecule has 15 heteroatoms. The molecule has 0 bridgehead atoms. The van der Waals surface area contributed by atoms with Crippen LogP contribution in [0.1, 0.15) is 51.0 Å². The Morgan fingerprint density at radius 2 is 1.94 bits per heavy atom. The van der Waals surface area contributed by atoms with E-state index in [2.05, 4.69) is 31.7 Å². The molecule has 0 spiro atoms. The van der Waals surface area contributed by atoms with E-state index in [9.17, 15) is 18.4 Å². The van der Waals surface area contributed by atoms with Gasteiger partial charge in [-0.1, -0.05) is 17.9 Å². The minimum atomic E-state index is -0.962. The average molecular weight is 681 g/mol. The van der Waals surface area contributed by atoms with Crippen LogP contribution in [0.25, 0.3) is 32.4 Å². The van der Waals surface area contributed by atoms with Crippen molar-refractivity contribution in [3.05, 3.63) is 46.8 Å². The van der Waals surface area contributed by atoms with E-state index in [1.807, 2.05) is 0 Å². The number of fused-ring (bicyclic) bond motifs is 3. The topological polar surface area (TPSA) is 132 Å². The number of nitrogens with one attached hydrogen (secondary N) is 1. The van der Waals surface area contributed by atoms with Crippen LogP contribution in [0.3, 0.4) is 0 Å². The molecule has 3 saturated heterocycles. The van der Waals surface area contributed by atoms with Crippen LogP contribution in [0.5, 0.6) is 6.01 Å². The lowest BCUT2D eigenvalue weighted by atomic mass is 9.95. The van der Waals surface area contributed by atoms with Crippen molar-refractivity contribution in [3.8, 4) is 17.3 Å². The summed E-state index contributed by atoms with van der Waals surface area (Å²) in [6.45, 7) is 5.74. The van der Waals surface area contributed by atoms with E-state index in [1.165, 1.54) is 22.8 Å². The Morgan fingerprint density at radius 3 is 2.69 bits per heavy atom. The molecular weight excluding hydrogens is 645 g/mol. The Kier molecular flexibility index (Phi) is 7.58. The van der Waals surface area contributed by atoms with Gasteiger partial charge in [0.1, 0.15) is 35.3 Å². The molecule has 48 heavy (non-hydrogen) atoms.